The molecule has 5 heteroatoms. The second-order valence-electron chi connectivity index (χ2n) is 4.23. The molecule has 1 aliphatic rings. The van der Waals surface area contributed by atoms with Crippen LogP contribution in [0.2, 0.25) is 0 Å². The van der Waals surface area contributed by atoms with E-state index in [1.807, 2.05) is 0 Å². The molecule has 0 saturated heterocycles. The van der Waals surface area contributed by atoms with Gasteiger partial charge in [0.05, 0.1) is 11.7 Å². The first-order chi connectivity index (χ1) is 7.81. The van der Waals surface area contributed by atoms with E-state index in [1.165, 1.54) is 37.0 Å². The quantitative estimate of drug-likeness (QED) is 0.834. The second-order valence-corrected chi connectivity index (χ2v) is 5.11. The lowest BCUT2D eigenvalue weighted by molar-refractivity contribution is 0.0928. The van der Waals surface area contributed by atoms with E-state index in [-0.39, 0.29) is 11.9 Å². The summed E-state index contributed by atoms with van der Waals surface area (Å²) in [5.41, 5.74) is 7.40. The molecule has 1 atom stereocenters. The lowest BCUT2D eigenvalue weighted by atomic mass is 9.98. The third-order valence-electron chi connectivity index (χ3n) is 3.20. The molecule has 4 nitrogen and oxygen atoms in total. The van der Waals surface area contributed by atoms with Crippen molar-refractivity contribution in [1.29, 1.82) is 0 Å². The molecular formula is C11H17N3OS. The normalized spacial score (nSPS) is 18.6. The highest BCUT2D eigenvalue weighted by molar-refractivity contribution is 7.11. The van der Waals surface area contributed by atoms with E-state index in [2.05, 4.69) is 10.3 Å². The minimum absolute atomic E-state index is 0.0372. The van der Waals surface area contributed by atoms with Crippen LogP contribution in [0, 0.1) is 5.92 Å². The number of rotatable bonds is 4. The minimum Gasteiger partial charge on any atom is -0.347 e. The van der Waals surface area contributed by atoms with Gasteiger partial charge >= 0.3 is 0 Å². The second kappa shape index (κ2) is 5.41. The third-order valence-corrected chi connectivity index (χ3v) is 3.97. The van der Waals surface area contributed by atoms with Crippen LogP contribution in [0.25, 0.3) is 0 Å². The smallest absolute Gasteiger partial charge is 0.263 e. The summed E-state index contributed by atoms with van der Waals surface area (Å²) in [7, 11) is 0. The zero-order valence-corrected chi connectivity index (χ0v) is 10.0. The summed E-state index contributed by atoms with van der Waals surface area (Å²) < 4.78 is 0. The molecule has 1 saturated carbocycles. The molecule has 0 spiro atoms. The van der Waals surface area contributed by atoms with Gasteiger partial charge in [0.1, 0.15) is 4.88 Å². The summed E-state index contributed by atoms with van der Waals surface area (Å²) in [6.07, 6.45) is 6.49. The van der Waals surface area contributed by atoms with Gasteiger partial charge in [-0.05, 0) is 18.8 Å². The summed E-state index contributed by atoms with van der Waals surface area (Å²) in [6, 6.07) is 0.122. The molecule has 1 unspecified atom stereocenters. The number of thiazole rings is 1. The minimum atomic E-state index is -0.0372. The number of amides is 1. The van der Waals surface area contributed by atoms with Gasteiger partial charge in [-0.2, -0.15) is 0 Å². The Bertz CT molecular complexity index is 333. The number of aromatic nitrogens is 1. The average Bonchev–Trinajstić information content (AvgIpc) is 2.96. The fraction of sp³-hybridized carbons (Fsp3) is 0.636. The summed E-state index contributed by atoms with van der Waals surface area (Å²) in [6.45, 7) is 0.523. The van der Waals surface area contributed by atoms with Gasteiger partial charge in [-0.3, -0.25) is 9.78 Å². The Morgan fingerprint density at radius 1 is 1.62 bits per heavy atom. The number of nitrogens with zero attached hydrogens (tertiary/aromatic N) is 1. The maximum absolute atomic E-state index is 11.8. The van der Waals surface area contributed by atoms with Crippen LogP contribution in [0.5, 0.6) is 0 Å². The number of carbonyl (C=O) groups excluding carboxylic acids is 1. The molecule has 0 aliphatic heterocycles. The molecule has 0 bridgehead atoms. The van der Waals surface area contributed by atoms with Crippen LogP contribution in [-0.4, -0.2) is 23.5 Å². The van der Waals surface area contributed by atoms with E-state index in [1.54, 1.807) is 11.7 Å². The van der Waals surface area contributed by atoms with Gasteiger partial charge in [-0.15, -0.1) is 11.3 Å². The van der Waals surface area contributed by atoms with Crippen molar-refractivity contribution in [2.45, 2.75) is 31.7 Å². The van der Waals surface area contributed by atoms with E-state index in [9.17, 15) is 4.79 Å². The molecule has 1 aromatic heterocycles. The highest BCUT2D eigenvalue weighted by Gasteiger charge is 2.25. The lowest BCUT2D eigenvalue weighted by Crippen LogP contribution is -2.44. The van der Waals surface area contributed by atoms with Crippen LogP contribution in [0.1, 0.15) is 35.4 Å². The largest absolute Gasteiger partial charge is 0.347 e. The van der Waals surface area contributed by atoms with E-state index in [0.717, 1.165) is 0 Å². The molecule has 1 fully saturated rings. The molecule has 2 rings (SSSR count). The monoisotopic (exact) mass is 239 g/mol. The Balaban J connectivity index is 1.93. The van der Waals surface area contributed by atoms with Gasteiger partial charge in [0, 0.05) is 12.6 Å². The van der Waals surface area contributed by atoms with Crippen LogP contribution in [0.15, 0.2) is 11.7 Å². The molecule has 1 heterocycles. The highest BCUT2D eigenvalue weighted by Crippen LogP contribution is 2.27. The number of nitrogens with two attached hydrogens (primary N) is 1. The molecule has 1 aromatic rings. The fourth-order valence-corrected chi connectivity index (χ4v) is 2.82. The van der Waals surface area contributed by atoms with E-state index in [0.29, 0.717) is 17.3 Å². The Hall–Kier alpha value is -0.940. The predicted octanol–water partition coefficient (Wildman–Crippen LogP) is 1.39. The summed E-state index contributed by atoms with van der Waals surface area (Å²) >= 11 is 1.36. The first-order valence-electron chi connectivity index (χ1n) is 5.70. The molecule has 0 aromatic carbocycles. The number of hydrogen-bond acceptors (Lipinski definition) is 4. The number of nitrogens with one attached hydrogen (secondary N) is 1. The van der Waals surface area contributed by atoms with Crippen LogP contribution < -0.4 is 11.1 Å². The third kappa shape index (κ3) is 2.59. The number of carbonyl (C=O) groups is 1. The summed E-state index contributed by atoms with van der Waals surface area (Å²) in [5, 5.41) is 3.02. The Morgan fingerprint density at radius 2 is 2.38 bits per heavy atom. The van der Waals surface area contributed by atoms with Crippen molar-refractivity contribution in [3.8, 4) is 0 Å². The van der Waals surface area contributed by atoms with Crippen LogP contribution in [-0.2, 0) is 0 Å². The summed E-state index contributed by atoms with van der Waals surface area (Å²) in [5.74, 6) is 0.520. The molecule has 1 aliphatic carbocycles. The van der Waals surface area contributed by atoms with Gasteiger partial charge in [-0.25, -0.2) is 0 Å². The molecule has 0 radical (unpaired) electrons. The van der Waals surface area contributed by atoms with Gasteiger partial charge in [-0.1, -0.05) is 12.8 Å². The van der Waals surface area contributed by atoms with E-state index < -0.39 is 0 Å². The van der Waals surface area contributed by atoms with Crippen molar-refractivity contribution >= 4 is 17.2 Å². The van der Waals surface area contributed by atoms with Gasteiger partial charge in [0.25, 0.3) is 5.91 Å². The Kier molecular flexibility index (Phi) is 3.90. The van der Waals surface area contributed by atoms with Crippen LogP contribution in [0.3, 0.4) is 0 Å². The van der Waals surface area contributed by atoms with Crippen molar-refractivity contribution in [2.24, 2.45) is 11.7 Å². The molecule has 88 valence electrons. The van der Waals surface area contributed by atoms with Crippen molar-refractivity contribution in [1.82, 2.24) is 10.3 Å². The van der Waals surface area contributed by atoms with E-state index >= 15 is 0 Å². The maximum Gasteiger partial charge on any atom is 0.263 e. The topological polar surface area (TPSA) is 68.0 Å². The predicted molar refractivity (Wildman–Crippen MR) is 64.4 cm³/mol. The maximum atomic E-state index is 11.8. The first-order valence-corrected chi connectivity index (χ1v) is 6.58. The zero-order valence-electron chi connectivity index (χ0n) is 9.19. The zero-order chi connectivity index (χ0) is 11.4. The lowest BCUT2D eigenvalue weighted by Gasteiger charge is -2.22. The number of hydrogen-bond donors (Lipinski definition) is 2. The molecule has 3 N–H and O–H groups in total. The molecule has 1 amide bonds. The Labute approximate surface area is 99.3 Å². The summed E-state index contributed by atoms with van der Waals surface area (Å²) in [4.78, 5) is 16.4. The highest BCUT2D eigenvalue weighted by atomic mass is 32.1. The average molecular weight is 239 g/mol. The van der Waals surface area contributed by atoms with Crippen molar-refractivity contribution in [3.05, 3.63) is 16.6 Å². The van der Waals surface area contributed by atoms with Crippen molar-refractivity contribution in [3.63, 3.8) is 0 Å². The van der Waals surface area contributed by atoms with Gasteiger partial charge < -0.3 is 11.1 Å². The Morgan fingerprint density at radius 3 is 2.94 bits per heavy atom. The van der Waals surface area contributed by atoms with Crippen LogP contribution >= 0.6 is 11.3 Å². The van der Waals surface area contributed by atoms with Gasteiger partial charge in [0.15, 0.2) is 0 Å². The van der Waals surface area contributed by atoms with Crippen LogP contribution in [0.4, 0.5) is 0 Å². The molecular weight excluding hydrogens is 222 g/mol. The fourth-order valence-electron chi connectivity index (χ4n) is 2.30. The first kappa shape index (κ1) is 11.5. The standard InChI is InChI=1S/C11H17N3OS/c12-5-9(8-3-1-2-4-8)14-11(15)10-6-13-7-16-10/h6-9H,1-5,12H2,(H,14,15). The van der Waals surface area contributed by atoms with E-state index in [4.69, 9.17) is 5.73 Å². The SMILES string of the molecule is NCC(NC(=O)c1cncs1)C1CCCC1. The van der Waals surface area contributed by atoms with Crippen molar-refractivity contribution in [2.75, 3.05) is 6.54 Å². The van der Waals surface area contributed by atoms with Gasteiger partial charge in [0.2, 0.25) is 0 Å². The molecule has 16 heavy (non-hydrogen) atoms. The van der Waals surface area contributed by atoms with Crippen molar-refractivity contribution < 1.29 is 4.79 Å².